The van der Waals surface area contributed by atoms with E-state index in [9.17, 15) is 4.79 Å². The highest BCUT2D eigenvalue weighted by atomic mass is 16.5. The zero-order chi connectivity index (χ0) is 17.7. The topological polar surface area (TPSA) is 65.4 Å². The van der Waals surface area contributed by atoms with Crippen molar-refractivity contribution in [2.45, 2.75) is 50.6 Å². The maximum absolute atomic E-state index is 12.8. The Labute approximate surface area is 150 Å². The number of benzene rings is 1. The summed E-state index contributed by atoms with van der Waals surface area (Å²) < 4.78 is 5.48. The summed E-state index contributed by atoms with van der Waals surface area (Å²) in [6.07, 6.45) is 5.14. The first-order chi connectivity index (χ1) is 12.1. The van der Waals surface area contributed by atoms with Gasteiger partial charge in [-0.05, 0) is 37.5 Å². The maximum Gasteiger partial charge on any atom is 0.222 e. The van der Waals surface area contributed by atoms with Gasteiger partial charge < -0.3 is 10.1 Å². The highest BCUT2D eigenvalue weighted by Gasteiger charge is 2.41. The number of nitrogens with zero attached hydrogens (tertiary/aromatic N) is 2. The lowest BCUT2D eigenvalue weighted by Crippen LogP contribution is -2.54. The molecule has 1 saturated carbocycles. The van der Waals surface area contributed by atoms with E-state index in [0.29, 0.717) is 12.0 Å². The van der Waals surface area contributed by atoms with Gasteiger partial charge in [-0.3, -0.25) is 9.69 Å². The van der Waals surface area contributed by atoms with Crippen molar-refractivity contribution in [1.29, 1.82) is 5.26 Å². The standard InChI is InChI=1S/C20H27N3O2/c1-16(18-6-4-5-17(13-18)15-21)22-19(24)14-20(7-2-3-8-20)23-9-11-25-12-10-23/h4-6,13,16H,2-3,7-12,14H2,1H3,(H,22,24)/t16-/m1/s1. The van der Waals surface area contributed by atoms with E-state index in [1.807, 2.05) is 25.1 Å². The molecule has 25 heavy (non-hydrogen) atoms. The van der Waals surface area contributed by atoms with Crippen LogP contribution in [0.5, 0.6) is 0 Å². The van der Waals surface area contributed by atoms with E-state index in [0.717, 1.165) is 44.7 Å². The van der Waals surface area contributed by atoms with Crippen LogP contribution in [0, 0.1) is 11.3 Å². The molecule has 1 atom stereocenters. The number of amides is 1. The van der Waals surface area contributed by atoms with Crippen LogP contribution < -0.4 is 5.32 Å². The lowest BCUT2D eigenvalue weighted by molar-refractivity contribution is -0.126. The van der Waals surface area contributed by atoms with Crippen LogP contribution in [-0.4, -0.2) is 42.6 Å². The van der Waals surface area contributed by atoms with Gasteiger partial charge in [-0.15, -0.1) is 0 Å². The zero-order valence-electron chi connectivity index (χ0n) is 15.0. The summed E-state index contributed by atoms with van der Waals surface area (Å²) in [5.74, 6) is 0.100. The Kier molecular flexibility index (Phi) is 5.72. The molecule has 1 aromatic carbocycles. The number of nitrogens with one attached hydrogen (secondary N) is 1. The Bertz CT molecular complexity index is 641. The summed E-state index contributed by atoms with van der Waals surface area (Å²) in [5.41, 5.74) is 1.60. The van der Waals surface area contributed by atoms with Crippen LogP contribution in [-0.2, 0) is 9.53 Å². The van der Waals surface area contributed by atoms with Gasteiger partial charge in [0.25, 0.3) is 0 Å². The van der Waals surface area contributed by atoms with Gasteiger partial charge in [-0.25, -0.2) is 0 Å². The van der Waals surface area contributed by atoms with Crippen LogP contribution in [0.25, 0.3) is 0 Å². The van der Waals surface area contributed by atoms with E-state index in [2.05, 4.69) is 16.3 Å². The molecule has 0 spiro atoms. The summed E-state index contributed by atoms with van der Waals surface area (Å²) in [4.78, 5) is 15.2. The average Bonchev–Trinajstić information content (AvgIpc) is 3.12. The van der Waals surface area contributed by atoms with E-state index < -0.39 is 0 Å². The molecular weight excluding hydrogens is 314 g/mol. The van der Waals surface area contributed by atoms with Crippen molar-refractivity contribution in [3.63, 3.8) is 0 Å². The van der Waals surface area contributed by atoms with E-state index in [1.165, 1.54) is 12.8 Å². The lowest BCUT2D eigenvalue weighted by Gasteiger charge is -2.43. The van der Waals surface area contributed by atoms with Gasteiger partial charge in [0.1, 0.15) is 0 Å². The minimum Gasteiger partial charge on any atom is -0.379 e. The van der Waals surface area contributed by atoms with E-state index >= 15 is 0 Å². The van der Waals surface area contributed by atoms with Crippen LogP contribution in [0.15, 0.2) is 24.3 Å². The molecule has 2 aliphatic rings. The molecule has 5 nitrogen and oxygen atoms in total. The number of hydrogen-bond acceptors (Lipinski definition) is 4. The quantitative estimate of drug-likeness (QED) is 0.894. The molecule has 1 aliphatic carbocycles. The Morgan fingerprint density at radius 3 is 2.76 bits per heavy atom. The van der Waals surface area contributed by atoms with Gasteiger partial charge in [-0.1, -0.05) is 25.0 Å². The summed E-state index contributed by atoms with van der Waals surface area (Å²) >= 11 is 0. The first-order valence-electron chi connectivity index (χ1n) is 9.25. The number of ether oxygens (including phenoxy) is 1. The summed E-state index contributed by atoms with van der Waals surface area (Å²) in [6, 6.07) is 9.51. The molecule has 2 fully saturated rings. The maximum atomic E-state index is 12.8. The number of carbonyl (C=O) groups excluding carboxylic acids is 1. The normalized spacial score (nSPS) is 21.4. The minimum atomic E-state index is -0.0936. The summed E-state index contributed by atoms with van der Waals surface area (Å²) in [6.45, 7) is 5.35. The molecular formula is C20H27N3O2. The molecule has 1 N–H and O–H groups in total. The van der Waals surface area contributed by atoms with Crippen molar-refractivity contribution in [2.75, 3.05) is 26.3 Å². The molecule has 1 aromatic rings. The van der Waals surface area contributed by atoms with Crippen LogP contribution >= 0.6 is 0 Å². The number of carbonyl (C=O) groups is 1. The third-order valence-corrected chi connectivity index (χ3v) is 5.60. The molecule has 0 unspecified atom stereocenters. The largest absolute Gasteiger partial charge is 0.379 e. The van der Waals surface area contributed by atoms with E-state index in [1.54, 1.807) is 6.07 Å². The summed E-state index contributed by atoms with van der Waals surface area (Å²) in [5, 5.41) is 12.2. The predicted octanol–water partition coefficient (Wildman–Crippen LogP) is 2.77. The molecule has 1 amide bonds. The van der Waals surface area contributed by atoms with Gasteiger partial charge in [-0.2, -0.15) is 5.26 Å². The van der Waals surface area contributed by atoms with E-state index in [-0.39, 0.29) is 17.5 Å². The van der Waals surface area contributed by atoms with Gasteiger partial charge in [0, 0.05) is 25.0 Å². The Hall–Kier alpha value is -1.90. The molecule has 1 aliphatic heterocycles. The fraction of sp³-hybridized carbons (Fsp3) is 0.600. The highest BCUT2D eigenvalue weighted by molar-refractivity contribution is 5.77. The molecule has 5 heteroatoms. The number of hydrogen-bond donors (Lipinski definition) is 1. The predicted molar refractivity (Wildman–Crippen MR) is 95.9 cm³/mol. The van der Waals surface area contributed by atoms with E-state index in [4.69, 9.17) is 10.00 Å². The van der Waals surface area contributed by atoms with Crippen LogP contribution in [0.1, 0.15) is 56.2 Å². The molecule has 0 aromatic heterocycles. The lowest BCUT2D eigenvalue weighted by atomic mass is 9.89. The van der Waals surface area contributed by atoms with Crippen LogP contribution in [0.4, 0.5) is 0 Å². The molecule has 134 valence electrons. The Balaban J connectivity index is 1.64. The molecule has 0 radical (unpaired) electrons. The molecule has 0 bridgehead atoms. The van der Waals surface area contributed by atoms with Crippen molar-refractivity contribution in [2.24, 2.45) is 0 Å². The first-order valence-corrected chi connectivity index (χ1v) is 9.25. The second-order valence-corrected chi connectivity index (χ2v) is 7.23. The molecule has 1 heterocycles. The van der Waals surface area contributed by atoms with Crippen molar-refractivity contribution >= 4 is 5.91 Å². The third-order valence-electron chi connectivity index (χ3n) is 5.60. The highest BCUT2D eigenvalue weighted by Crippen LogP contribution is 2.38. The first kappa shape index (κ1) is 17.9. The number of rotatable bonds is 5. The fourth-order valence-electron chi connectivity index (χ4n) is 4.23. The minimum absolute atomic E-state index is 0.00207. The smallest absolute Gasteiger partial charge is 0.222 e. The van der Waals surface area contributed by atoms with Crippen LogP contribution in [0.3, 0.4) is 0 Å². The van der Waals surface area contributed by atoms with Crippen molar-refractivity contribution in [3.05, 3.63) is 35.4 Å². The number of morpholine rings is 1. The van der Waals surface area contributed by atoms with Gasteiger partial charge in [0.15, 0.2) is 0 Å². The fourth-order valence-corrected chi connectivity index (χ4v) is 4.23. The van der Waals surface area contributed by atoms with Gasteiger partial charge >= 0.3 is 0 Å². The Morgan fingerprint density at radius 2 is 2.08 bits per heavy atom. The second-order valence-electron chi connectivity index (χ2n) is 7.23. The molecule has 1 saturated heterocycles. The second kappa shape index (κ2) is 7.99. The van der Waals surface area contributed by atoms with Crippen molar-refractivity contribution in [1.82, 2.24) is 10.2 Å². The summed E-state index contributed by atoms with van der Waals surface area (Å²) in [7, 11) is 0. The molecule has 3 rings (SSSR count). The number of nitriles is 1. The third kappa shape index (κ3) is 4.20. The van der Waals surface area contributed by atoms with Crippen LogP contribution in [0.2, 0.25) is 0 Å². The van der Waals surface area contributed by atoms with Gasteiger partial charge in [0.2, 0.25) is 5.91 Å². The SMILES string of the molecule is C[C@@H](NC(=O)CC1(N2CCOCC2)CCCC1)c1cccc(C#N)c1. The average molecular weight is 341 g/mol. The monoisotopic (exact) mass is 341 g/mol. The Morgan fingerprint density at radius 1 is 1.36 bits per heavy atom. The van der Waals surface area contributed by atoms with Crippen molar-refractivity contribution in [3.8, 4) is 6.07 Å². The van der Waals surface area contributed by atoms with Crippen molar-refractivity contribution < 1.29 is 9.53 Å². The van der Waals surface area contributed by atoms with Gasteiger partial charge in [0.05, 0.1) is 30.9 Å². The zero-order valence-corrected chi connectivity index (χ0v) is 15.0.